The third-order valence-electron chi connectivity index (χ3n) is 4.49. The quantitative estimate of drug-likeness (QED) is 0.0730. The van der Waals surface area contributed by atoms with Crippen molar-refractivity contribution < 1.29 is 33.9 Å². The predicted molar refractivity (Wildman–Crippen MR) is 126 cm³/mol. The van der Waals surface area contributed by atoms with Crippen molar-refractivity contribution in [3.05, 3.63) is 27.5 Å². The highest BCUT2D eigenvalue weighted by Gasteiger charge is 2.54. The number of fused-ring (bicyclic) bond motifs is 1. The van der Waals surface area contributed by atoms with E-state index in [2.05, 4.69) is 29.9 Å². The van der Waals surface area contributed by atoms with Gasteiger partial charge in [-0.2, -0.15) is 9.36 Å². The summed E-state index contributed by atoms with van der Waals surface area (Å²) < 4.78 is 9.01. The second-order valence-electron chi connectivity index (χ2n) is 8.26. The number of hydrogen-bond acceptors (Lipinski definition) is 13. The van der Waals surface area contributed by atoms with Gasteiger partial charge in [-0.3, -0.25) is 14.5 Å². The van der Waals surface area contributed by atoms with Crippen LogP contribution in [0.4, 0.5) is 5.13 Å². The number of thioether (sulfide) groups is 1. The second-order valence-corrected chi connectivity index (χ2v) is 10.2. The molecule has 1 unspecified atom stereocenters. The lowest BCUT2D eigenvalue weighted by molar-refractivity contribution is -0.160. The number of azide groups is 1. The van der Waals surface area contributed by atoms with E-state index in [1.807, 2.05) is 0 Å². The Hall–Kier alpha value is -3.89. The molecule has 1 aromatic heterocycles. The average molecular weight is 540 g/mol. The summed E-state index contributed by atoms with van der Waals surface area (Å²) in [6.07, 6.45) is 0. The Morgan fingerprint density at radius 3 is 2.69 bits per heavy atom. The molecule has 1 fully saturated rings. The van der Waals surface area contributed by atoms with Crippen LogP contribution >= 0.6 is 23.3 Å². The number of carbonyl (C=O) groups excluding carboxylic acids is 3. The second kappa shape index (κ2) is 10.8. The minimum Gasteiger partial charge on any atom is -0.477 e. The molecule has 1 saturated heterocycles. The standard InChI is InChI=1S/C18H21N9O7S2/c1-18(2,3)34-8(28)5-33-24-9(12-23-17(19)36-25-12)13(29)22-10-14(30)27-11(16(31)32)7(4-21-26-20)6-35-15(10)27/h10,15H,4-6H2,1-3H3,(H,22,29)(H,31,32)(H2,19,23,25)/t10?,15-/m1/s1. The molecule has 2 amide bonds. The van der Waals surface area contributed by atoms with E-state index in [0.29, 0.717) is 0 Å². The number of β-lactam (4-membered cyclic amide) rings is 1. The number of carbonyl (C=O) groups is 4. The number of nitrogens with two attached hydrogens (primary N) is 1. The molecule has 192 valence electrons. The largest absolute Gasteiger partial charge is 0.477 e. The van der Waals surface area contributed by atoms with Crippen molar-refractivity contribution in [1.29, 1.82) is 0 Å². The van der Waals surface area contributed by atoms with E-state index in [1.54, 1.807) is 20.8 Å². The molecule has 2 aliphatic rings. The summed E-state index contributed by atoms with van der Waals surface area (Å²) >= 11 is 1.98. The minimum absolute atomic E-state index is 0.0372. The van der Waals surface area contributed by atoms with Crippen molar-refractivity contribution in [3.8, 4) is 0 Å². The number of carboxylic acid groups (broad SMARTS) is 1. The van der Waals surface area contributed by atoms with Gasteiger partial charge in [0.05, 0.1) is 6.54 Å². The summed E-state index contributed by atoms with van der Waals surface area (Å²) in [7, 11) is 0. The fraction of sp³-hybridized carbons (Fsp3) is 0.500. The zero-order valence-electron chi connectivity index (χ0n) is 19.2. The topological polar surface area (TPSA) is 235 Å². The van der Waals surface area contributed by atoms with Crippen LogP contribution in [-0.4, -0.2) is 84.7 Å². The number of nitrogens with one attached hydrogen (secondary N) is 1. The number of aliphatic carboxylic acids is 1. The maximum Gasteiger partial charge on any atom is 0.352 e. The Bertz CT molecular complexity index is 1200. The average Bonchev–Trinajstić information content (AvgIpc) is 3.22. The summed E-state index contributed by atoms with van der Waals surface area (Å²) in [5.41, 5.74) is 12.9. The molecule has 0 bridgehead atoms. The number of oxime groups is 1. The molecule has 0 aliphatic carbocycles. The van der Waals surface area contributed by atoms with E-state index in [9.17, 15) is 24.3 Å². The van der Waals surface area contributed by atoms with Crippen LogP contribution in [0.2, 0.25) is 0 Å². The molecule has 0 radical (unpaired) electrons. The monoisotopic (exact) mass is 539 g/mol. The van der Waals surface area contributed by atoms with Crippen LogP contribution < -0.4 is 11.1 Å². The fourth-order valence-corrected chi connectivity index (χ4v) is 4.94. The van der Waals surface area contributed by atoms with Gasteiger partial charge in [0.2, 0.25) is 18.1 Å². The SMILES string of the molecule is CC(C)(C)OC(=O)CON=C(C(=O)NC1C(=O)N2C(C(=O)O)=C(CN=[N+]=[N-])CS[C@H]12)c1nsc(N)n1. The maximum atomic E-state index is 13.0. The van der Waals surface area contributed by atoms with Crippen molar-refractivity contribution >= 4 is 57.9 Å². The van der Waals surface area contributed by atoms with Crippen LogP contribution in [0.1, 0.15) is 26.6 Å². The maximum absolute atomic E-state index is 13.0. The molecule has 0 aromatic carbocycles. The van der Waals surface area contributed by atoms with Gasteiger partial charge in [0.25, 0.3) is 11.8 Å². The summed E-state index contributed by atoms with van der Waals surface area (Å²) in [5, 5.41) is 18.4. The first-order chi connectivity index (χ1) is 16.9. The molecule has 0 spiro atoms. The lowest BCUT2D eigenvalue weighted by Gasteiger charge is -2.49. The fourth-order valence-electron chi connectivity index (χ4n) is 3.17. The molecule has 0 saturated carbocycles. The van der Waals surface area contributed by atoms with E-state index in [4.69, 9.17) is 20.8 Å². The van der Waals surface area contributed by atoms with Crippen molar-refractivity contribution in [2.75, 3.05) is 24.6 Å². The predicted octanol–water partition coefficient (Wildman–Crippen LogP) is 0.232. The number of nitrogen functional groups attached to an aromatic ring is 1. The van der Waals surface area contributed by atoms with Crippen LogP contribution in [0.3, 0.4) is 0 Å². The number of carboxylic acids is 1. The lowest BCUT2D eigenvalue weighted by Crippen LogP contribution is -2.71. The van der Waals surface area contributed by atoms with E-state index in [-0.39, 0.29) is 34.5 Å². The molecular formula is C18H21N9O7S2. The Kier molecular flexibility index (Phi) is 8.01. The van der Waals surface area contributed by atoms with Gasteiger partial charge in [-0.25, -0.2) is 9.59 Å². The van der Waals surface area contributed by atoms with Crippen molar-refractivity contribution in [2.24, 2.45) is 10.3 Å². The van der Waals surface area contributed by atoms with E-state index in [1.165, 1.54) is 11.8 Å². The van der Waals surface area contributed by atoms with Crippen LogP contribution in [0, 0.1) is 0 Å². The summed E-state index contributed by atoms with van der Waals surface area (Å²) in [6, 6.07) is -1.09. The molecule has 18 heteroatoms. The molecular weight excluding hydrogens is 518 g/mol. The Morgan fingerprint density at radius 1 is 1.39 bits per heavy atom. The third-order valence-corrected chi connectivity index (χ3v) is 6.37. The van der Waals surface area contributed by atoms with Gasteiger partial charge in [-0.15, -0.1) is 11.8 Å². The van der Waals surface area contributed by atoms with Gasteiger partial charge >= 0.3 is 11.9 Å². The van der Waals surface area contributed by atoms with Crippen LogP contribution in [-0.2, 0) is 28.8 Å². The number of rotatable bonds is 9. The first-order valence-corrected chi connectivity index (χ1v) is 12.0. The van der Waals surface area contributed by atoms with Crippen molar-refractivity contribution in [1.82, 2.24) is 19.6 Å². The number of ether oxygens (including phenoxy) is 1. The minimum atomic E-state index is -1.36. The van der Waals surface area contributed by atoms with Crippen LogP contribution in [0.25, 0.3) is 10.4 Å². The van der Waals surface area contributed by atoms with Crippen molar-refractivity contribution in [3.63, 3.8) is 0 Å². The molecule has 4 N–H and O–H groups in total. The van der Waals surface area contributed by atoms with Crippen LogP contribution in [0.5, 0.6) is 0 Å². The number of aromatic nitrogens is 2. The van der Waals surface area contributed by atoms with Gasteiger partial charge in [0.1, 0.15) is 22.7 Å². The molecule has 2 aliphatic heterocycles. The Morgan fingerprint density at radius 2 is 2.11 bits per heavy atom. The summed E-state index contributed by atoms with van der Waals surface area (Å²) in [5.74, 6) is -3.70. The van der Waals surface area contributed by atoms with Gasteiger partial charge in [-0.05, 0) is 31.9 Å². The third kappa shape index (κ3) is 6.02. The molecule has 2 atom stereocenters. The highest BCUT2D eigenvalue weighted by atomic mass is 32.2. The molecule has 16 nitrogen and oxygen atoms in total. The molecule has 3 rings (SSSR count). The molecule has 3 heterocycles. The summed E-state index contributed by atoms with van der Waals surface area (Å²) in [4.78, 5) is 61.9. The Labute approximate surface area is 211 Å². The van der Waals surface area contributed by atoms with Crippen LogP contribution in [0.15, 0.2) is 21.5 Å². The molecule has 36 heavy (non-hydrogen) atoms. The normalized spacial score (nSPS) is 19.6. The number of hydrogen-bond donors (Lipinski definition) is 3. The number of amides is 2. The number of nitrogens with zero attached hydrogens (tertiary/aromatic N) is 7. The first kappa shape index (κ1) is 26.7. The Balaban J connectivity index is 1.76. The highest BCUT2D eigenvalue weighted by molar-refractivity contribution is 8.00. The molecule has 1 aromatic rings. The number of esters is 1. The zero-order chi connectivity index (χ0) is 26.6. The smallest absolute Gasteiger partial charge is 0.352 e. The van der Waals surface area contributed by atoms with Gasteiger partial charge in [0.15, 0.2) is 5.13 Å². The van der Waals surface area contributed by atoms with E-state index < -0.39 is 53.1 Å². The lowest BCUT2D eigenvalue weighted by atomic mass is 10.0. The van der Waals surface area contributed by atoms with E-state index >= 15 is 0 Å². The first-order valence-electron chi connectivity index (χ1n) is 10.2. The van der Waals surface area contributed by atoms with Gasteiger partial charge < -0.3 is 25.7 Å². The zero-order valence-corrected chi connectivity index (χ0v) is 20.8. The van der Waals surface area contributed by atoms with Gasteiger partial charge in [-0.1, -0.05) is 10.3 Å². The summed E-state index contributed by atoms with van der Waals surface area (Å²) in [6.45, 7) is 4.19. The highest BCUT2D eigenvalue weighted by Crippen LogP contribution is 2.40. The van der Waals surface area contributed by atoms with E-state index in [0.717, 1.165) is 16.4 Å². The van der Waals surface area contributed by atoms with Gasteiger partial charge in [0, 0.05) is 22.2 Å². The van der Waals surface area contributed by atoms with Crippen molar-refractivity contribution in [2.45, 2.75) is 37.8 Å². The number of anilines is 1.